The van der Waals surface area contributed by atoms with E-state index in [2.05, 4.69) is 15.6 Å². The van der Waals surface area contributed by atoms with Gasteiger partial charge in [-0.15, -0.1) is 0 Å². The van der Waals surface area contributed by atoms with Crippen LogP contribution in [0, 0.1) is 0 Å². The van der Waals surface area contributed by atoms with Gasteiger partial charge in [-0.05, 0) is 41.5 Å². The topological polar surface area (TPSA) is 83.6 Å². The van der Waals surface area contributed by atoms with Gasteiger partial charge in [0.05, 0.1) is 0 Å². The van der Waals surface area contributed by atoms with Crippen molar-refractivity contribution in [1.29, 1.82) is 0 Å². The predicted octanol–water partition coefficient (Wildman–Crippen LogP) is 5.83. The van der Waals surface area contributed by atoms with E-state index < -0.39 is 6.03 Å². The van der Waals surface area contributed by atoms with Crippen molar-refractivity contribution in [2.75, 3.05) is 22.1 Å². The van der Waals surface area contributed by atoms with Crippen LogP contribution in [-0.2, 0) is 11.4 Å². The highest BCUT2D eigenvalue weighted by Gasteiger charge is 2.31. The fourth-order valence-electron chi connectivity index (χ4n) is 4.22. The number of hydrogen-bond donors (Lipinski definition) is 2. The minimum absolute atomic E-state index is 0.0556. The first-order valence-electron chi connectivity index (χ1n) is 11.8. The fraction of sp³-hybridized carbons (Fsp3) is 0.138. The molecule has 1 aliphatic rings. The maximum absolute atomic E-state index is 12.7. The third kappa shape index (κ3) is 5.70. The molecule has 1 aromatic heterocycles. The van der Waals surface area contributed by atoms with E-state index in [0.29, 0.717) is 42.5 Å². The zero-order valence-corrected chi connectivity index (χ0v) is 19.6. The quantitative estimate of drug-likeness (QED) is 0.350. The van der Waals surface area contributed by atoms with E-state index in [1.807, 2.05) is 60.7 Å². The highest BCUT2D eigenvalue weighted by atomic mass is 16.5. The minimum atomic E-state index is -0.424. The molecule has 0 spiro atoms. The van der Waals surface area contributed by atoms with E-state index in [-0.39, 0.29) is 11.8 Å². The monoisotopic (exact) mass is 478 g/mol. The van der Waals surface area contributed by atoms with Gasteiger partial charge in [0.15, 0.2) is 0 Å². The number of nitrogens with zero attached hydrogens (tertiary/aromatic N) is 2. The number of benzene rings is 3. The largest absolute Gasteiger partial charge is 0.489 e. The lowest BCUT2D eigenvalue weighted by Crippen LogP contribution is -2.25. The van der Waals surface area contributed by atoms with Gasteiger partial charge in [-0.2, -0.15) is 0 Å². The summed E-state index contributed by atoms with van der Waals surface area (Å²) in [6.07, 6.45) is 2.05. The molecular weight excluding hydrogens is 452 g/mol. The van der Waals surface area contributed by atoms with E-state index in [1.54, 1.807) is 47.5 Å². The number of urea groups is 1. The summed E-state index contributed by atoms with van der Waals surface area (Å²) in [5, 5.41) is 5.53. The minimum Gasteiger partial charge on any atom is -0.489 e. The molecule has 1 fully saturated rings. The zero-order chi connectivity index (χ0) is 24.7. The molecule has 0 aliphatic carbocycles. The average molecular weight is 479 g/mol. The van der Waals surface area contributed by atoms with Crippen LogP contribution >= 0.6 is 0 Å². The lowest BCUT2D eigenvalue weighted by Gasteiger charge is -2.18. The second kappa shape index (κ2) is 10.7. The van der Waals surface area contributed by atoms with E-state index in [4.69, 9.17) is 4.74 Å². The van der Waals surface area contributed by atoms with Crippen molar-refractivity contribution in [2.45, 2.75) is 18.9 Å². The van der Waals surface area contributed by atoms with Gasteiger partial charge in [0, 0.05) is 42.5 Å². The maximum atomic E-state index is 12.7. The summed E-state index contributed by atoms with van der Waals surface area (Å²) in [4.78, 5) is 31.2. The summed E-state index contributed by atoms with van der Waals surface area (Å²) < 4.78 is 5.78. The van der Waals surface area contributed by atoms with Crippen LogP contribution in [0.5, 0.6) is 5.75 Å². The Bertz CT molecular complexity index is 1330. The highest BCUT2D eigenvalue weighted by Crippen LogP contribution is 2.32. The van der Waals surface area contributed by atoms with Gasteiger partial charge in [0.2, 0.25) is 5.91 Å². The molecule has 2 N–H and O–H groups in total. The molecule has 5 rings (SSSR count). The van der Waals surface area contributed by atoms with Crippen LogP contribution in [0.25, 0.3) is 0 Å². The van der Waals surface area contributed by atoms with Crippen molar-refractivity contribution in [3.05, 3.63) is 114 Å². The third-order valence-electron chi connectivity index (χ3n) is 6.05. The molecule has 0 bridgehead atoms. The van der Waals surface area contributed by atoms with Crippen LogP contribution in [0.4, 0.5) is 22.0 Å². The first-order valence-corrected chi connectivity index (χ1v) is 11.8. The van der Waals surface area contributed by atoms with Crippen LogP contribution < -0.4 is 20.3 Å². The summed E-state index contributed by atoms with van der Waals surface area (Å²) >= 11 is 0. The summed E-state index contributed by atoms with van der Waals surface area (Å²) in [5.74, 6) is 1.28. The smallest absolute Gasteiger partial charge is 0.324 e. The van der Waals surface area contributed by atoms with E-state index in [9.17, 15) is 9.59 Å². The number of anilines is 3. The van der Waals surface area contributed by atoms with Crippen LogP contribution in [0.2, 0.25) is 0 Å². The number of hydrogen-bond acceptors (Lipinski definition) is 4. The normalized spacial score (nSPS) is 14.9. The molecule has 4 aromatic rings. The number of nitrogens with one attached hydrogen (secondary N) is 2. The fourth-order valence-corrected chi connectivity index (χ4v) is 4.22. The van der Waals surface area contributed by atoms with E-state index >= 15 is 0 Å². The Morgan fingerprint density at radius 3 is 2.39 bits per heavy atom. The Hall–Kier alpha value is -4.65. The third-order valence-corrected chi connectivity index (χ3v) is 6.05. The lowest BCUT2D eigenvalue weighted by molar-refractivity contribution is -0.117. The molecule has 3 aromatic carbocycles. The van der Waals surface area contributed by atoms with Gasteiger partial charge >= 0.3 is 6.03 Å². The van der Waals surface area contributed by atoms with Gasteiger partial charge in [-0.25, -0.2) is 9.78 Å². The molecule has 1 unspecified atom stereocenters. The molecule has 3 amide bonds. The van der Waals surface area contributed by atoms with Crippen LogP contribution in [0.3, 0.4) is 0 Å². The van der Waals surface area contributed by atoms with Crippen LogP contribution in [-0.4, -0.2) is 23.5 Å². The number of amides is 3. The number of carbonyl (C=O) groups is 2. The van der Waals surface area contributed by atoms with E-state index in [0.717, 1.165) is 11.1 Å². The van der Waals surface area contributed by atoms with Crippen molar-refractivity contribution in [2.24, 2.45) is 0 Å². The number of rotatable bonds is 7. The Kier molecular flexibility index (Phi) is 6.89. The molecule has 0 radical (unpaired) electrons. The number of ether oxygens (including phenoxy) is 1. The molecule has 1 atom stereocenters. The maximum Gasteiger partial charge on any atom is 0.324 e. The van der Waals surface area contributed by atoms with Crippen molar-refractivity contribution in [1.82, 2.24) is 4.98 Å². The molecule has 7 nitrogen and oxygen atoms in total. The molecule has 36 heavy (non-hydrogen) atoms. The summed E-state index contributed by atoms with van der Waals surface area (Å²) in [6, 6.07) is 30.2. The Morgan fingerprint density at radius 1 is 0.917 bits per heavy atom. The summed E-state index contributed by atoms with van der Waals surface area (Å²) in [7, 11) is 0. The highest BCUT2D eigenvalue weighted by molar-refractivity contribution is 6.00. The zero-order valence-electron chi connectivity index (χ0n) is 19.6. The lowest BCUT2D eigenvalue weighted by atomic mass is 9.99. The first kappa shape index (κ1) is 23.1. The van der Waals surface area contributed by atoms with Crippen molar-refractivity contribution >= 4 is 29.1 Å². The number of pyridine rings is 1. The molecule has 1 saturated heterocycles. The van der Waals surface area contributed by atoms with Crippen molar-refractivity contribution < 1.29 is 14.3 Å². The summed E-state index contributed by atoms with van der Waals surface area (Å²) in [6.45, 7) is 1.07. The van der Waals surface area contributed by atoms with Crippen LogP contribution in [0.1, 0.15) is 23.5 Å². The second-order valence-corrected chi connectivity index (χ2v) is 8.59. The van der Waals surface area contributed by atoms with Crippen molar-refractivity contribution in [3.8, 4) is 5.75 Å². The van der Waals surface area contributed by atoms with E-state index in [1.165, 1.54) is 0 Å². The second-order valence-electron chi connectivity index (χ2n) is 8.59. The van der Waals surface area contributed by atoms with Gasteiger partial charge in [0.1, 0.15) is 18.2 Å². The number of carbonyl (C=O) groups excluding carboxylic acids is 2. The van der Waals surface area contributed by atoms with Gasteiger partial charge in [-0.3, -0.25) is 10.1 Å². The first-order chi connectivity index (χ1) is 17.6. The average Bonchev–Trinajstić information content (AvgIpc) is 3.31. The molecule has 0 saturated carbocycles. The molecule has 2 heterocycles. The SMILES string of the molecule is O=C(Nc1ccc(OCc2ccccc2)cc1)Nc1cc(N2CC(c3ccccc3)CC2=O)ccn1. The molecule has 7 heteroatoms. The van der Waals surface area contributed by atoms with Crippen LogP contribution in [0.15, 0.2) is 103 Å². The Balaban J connectivity index is 1.16. The predicted molar refractivity (Wildman–Crippen MR) is 140 cm³/mol. The Labute approximate surface area is 209 Å². The molecule has 180 valence electrons. The van der Waals surface area contributed by atoms with Crippen molar-refractivity contribution in [3.63, 3.8) is 0 Å². The summed E-state index contributed by atoms with van der Waals surface area (Å²) in [5.41, 5.74) is 3.57. The number of aromatic nitrogens is 1. The van der Waals surface area contributed by atoms with Gasteiger partial charge in [-0.1, -0.05) is 60.7 Å². The molecule has 1 aliphatic heterocycles. The Morgan fingerprint density at radius 2 is 1.64 bits per heavy atom. The standard InChI is InChI=1S/C29H26N4O3/c34-28-17-23(22-9-5-2-6-10-22)19-33(28)25-15-16-30-27(18-25)32-29(35)31-24-11-13-26(14-12-24)36-20-21-7-3-1-4-8-21/h1-16,18,23H,17,19-20H2,(H2,30,31,32,35). The van der Waals surface area contributed by atoms with Gasteiger partial charge < -0.3 is 15.0 Å². The molecular formula is C29H26N4O3. The van der Waals surface area contributed by atoms with Gasteiger partial charge in [0.25, 0.3) is 0 Å².